The molecule has 0 aliphatic rings. The highest BCUT2D eigenvalue weighted by Gasteiger charge is 2.23. The summed E-state index contributed by atoms with van der Waals surface area (Å²) in [5.74, 6) is -0.895. The number of carbonyl (C=O) groups is 1. The van der Waals surface area contributed by atoms with E-state index in [1.807, 2.05) is 0 Å². The van der Waals surface area contributed by atoms with Crippen molar-refractivity contribution < 1.29 is 18.3 Å². The zero-order valence-electron chi connectivity index (χ0n) is 8.13. The van der Waals surface area contributed by atoms with Crippen LogP contribution in [0.1, 0.15) is 27.9 Å². The molecule has 0 unspecified atom stereocenters. The Hall–Kier alpha value is -1.48. The summed E-state index contributed by atoms with van der Waals surface area (Å²) >= 11 is 2.90. The second-order valence-electron chi connectivity index (χ2n) is 2.82. The van der Waals surface area contributed by atoms with Crippen LogP contribution < -0.4 is 0 Å². The third kappa shape index (κ3) is 2.36. The molecule has 0 bridgehead atoms. The van der Waals surface area contributed by atoms with Gasteiger partial charge in [-0.1, -0.05) is 15.9 Å². The van der Waals surface area contributed by atoms with Crippen LogP contribution in [0.2, 0.25) is 0 Å². The van der Waals surface area contributed by atoms with Gasteiger partial charge >= 0.3 is 5.97 Å². The Morgan fingerprint density at radius 2 is 2.19 bits per heavy atom. The number of nitriles is 1. The zero-order valence-corrected chi connectivity index (χ0v) is 9.72. The summed E-state index contributed by atoms with van der Waals surface area (Å²) < 4.78 is 29.8. The largest absolute Gasteiger partial charge is 0.465 e. The standard InChI is InChI=1S/C10H6BrF2NO2/c1-16-10(15)6-2-5(4-14)3-7(11)8(6)9(12)13/h2-3,9H,1H3. The van der Waals surface area contributed by atoms with Crippen LogP contribution in [0.5, 0.6) is 0 Å². The SMILES string of the molecule is COC(=O)c1cc(C#N)cc(Br)c1C(F)F. The third-order valence-corrected chi connectivity index (χ3v) is 2.54. The summed E-state index contributed by atoms with van der Waals surface area (Å²) in [6.07, 6.45) is -2.82. The van der Waals surface area contributed by atoms with Crippen molar-refractivity contribution in [2.45, 2.75) is 6.43 Å². The van der Waals surface area contributed by atoms with Crippen molar-refractivity contribution in [3.63, 3.8) is 0 Å². The molecule has 0 fully saturated rings. The lowest BCUT2D eigenvalue weighted by molar-refractivity contribution is 0.0589. The number of esters is 1. The van der Waals surface area contributed by atoms with E-state index in [4.69, 9.17) is 5.26 Å². The Labute approximate surface area is 98.8 Å². The smallest absolute Gasteiger partial charge is 0.338 e. The average molecular weight is 290 g/mol. The van der Waals surface area contributed by atoms with Crippen LogP contribution in [-0.2, 0) is 4.74 Å². The molecular weight excluding hydrogens is 284 g/mol. The van der Waals surface area contributed by atoms with Gasteiger partial charge in [0.2, 0.25) is 0 Å². The monoisotopic (exact) mass is 289 g/mol. The second kappa shape index (κ2) is 5.03. The summed E-state index contributed by atoms with van der Waals surface area (Å²) in [5, 5.41) is 8.66. The van der Waals surface area contributed by atoms with Crippen molar-refractivity contribution in [3.05, 3.63) is 33.3 Å². The molecule has 1 rings (SSSR count). The highest BCUT2D eigenvalue weighted by molar-refractivity contribution is 9.10. The minimum absolute atomic E-state index is 0.0157. The zero-order chi connectivity index (χ0) is 12.3. The van der Waals surface area contributed by atoms with Gasteiger partial charge in [0.25, 0.3) is 6.43 Å². The summed E-state index contributed by atoms with van der Waals surface area (Å²) in [6, 6.07) is 4.08. The minimum atomic E-state index is -2.82. The first-order valence-corrected chi connectivity index (χ1v) is 4.90. The predicted molar refractivity (Wildman–Crippen MR) is 55.2 cm³/mol. The van der Waals surface area contributed by atoms with Crippen LogP contribution in [0.4, 0.5) is 8.78 Å². The van der Waals surface area contributed by atoms with E-state index in [-0.39, 0.29) is 15.6 Å². The molecule has 0 aliphatic heterocycles. The minimum Gasteiger partial charge on any atom is -0.465 e. The topological polar surface area (TPSA) is 50.1 Å². The lowest BCUT2D eigenvalue weighted by Gasteiger charge is -2.09. The predicted octanol–water partition coefficient (Wildman–Crippen LogP) is 3.04. The van der Waals surface area contributed by atoms with Crippen molar-refractivity contribution in [1.82, 2.24) is 0 Å². The van der Waals surface area contributed by atoms with E-state index in [2.05, 4.69) is 20.7 Å². The Balaban J connectivity index is 3.48. The van der Waals surface area contributed by atoms with Gasteiger partial charge in [0.15, 0.2) is 0 Å². The normalized spacial score (nSPS) is 10.0. The number of hydrogen-bond acceptors (Lipinski definition) is 3. The van der Waals surface area contributed by atoms with Gasteiger partial charge < -0.3 is 4.74 Å². The Bertz CT molecular complexity index is 469. The van der Waals surface area contributed by atoms with Crippen molar-refractivity contribution in [2.24, 2.45) is 0 Å². The van der Waals surface area contributed by atoms with E-state index < -0.39 is 18.0 Å². The average Bonchev–Trinajstić information content (AvgIpc) is 2.26. The Morgan fingerprint density at radius 1 is 1.56 bits per heavy atom. The van der Waals surface area contributed by atoms with Crippen molar-refractivity contribution >= 4 is 21.9 Å². The second-order valence-corrected chi connectivity index (χ2v) is 3.68. The molecule has 0 amide bonds. The molecule has 1 aromatic rings. The number of hydrogen-bond donors (Lipinski definition) is 0. The fourth-order valence-corrected chi connectivity index (χ4v) is 1.82. The van der Waals surface area contributed by atoms with Crippen molar-refractivity contribution in [3.8, 4) is 6.07 Å². The molecule has 1 aromatic carbocycles. The Morgan fingerprint density at radius 3 is 2.62 bits per heavy atom. The van der Waals surface area contributed by atoms with Crippen molar-refractivity contribution in [1.29, 1.82) is 5.26 Å². The summed E-state index contributed by atoms with van der Waals surface area (Å²) in [5.41, 5.74) is -0.661. The number of alkyl halides is 2. The molecule has 0 N–H and O–H groups in total. The molecule has 6 heteroatoms. The first-order chi connectivity index (χ1) is 7.51. The molecule has 0 heterocycles. The van der Waals surface area contributed by atoms with Crippen LogP contribution in [0.15, 0.2) is 16.6 Å². The van der Waals surface area contributed by atoms with Crippen LogP contribution in [0, 0.1) is 11.3 Å². The fourth-order valence-electron chi connectivity index (χ4n) is 1.18. The maximum absolute atomic E-state index is 12.7. The number of carbonyl (C=O) groups excluding carboxylic acids is 1. The number of ether oxygens (including phenoxy) is 1. The van der Waals surface area contributed by atoms with Gasteiger partial charge in [-0.3, -0.25) is 0 Å². The number of rotatable bonds is 2. The summed E-state index contributed by atoms with van der Waals surface area (Å²) in [7, 11) is 1.09. The number of benzene rings is 1. The lowest BCUT2D eigenvalue weighted by atomic mass is 10.0. The molecule has 0 aliphatic carbocycles. The molecule has 0 saturated carbocycles. The van der Waals surface area contributed by atoms with E-state index in [9.17, 15) is 13.6 Å². The number of nitrogens with zero attached hydrogens (tertiary/aromatic N) is 1. The van der Waals surface area contributed by atoms with Gasteiger partial charge in [0.05, 0.1) is 24.3 Å². The molecule has 84 valence electrons. The van der Waals surface area contributed by atoms with Gasteiger partial charge in [0.1, 0.15) is 0 Å². The molecular formula is C10H6BrF2NO2. The van der Waals surface area contributed by atoms with Crippen LogP contribution >= 0.6 is 15.9 Å². The highest BCUT2D eigenvalue weighted by atomic mass is 79.9. The quantitative estimate of drug-likeness (QED) is 0.786. The van der Waals surface area contributed by atoms with Crippen LogP contribution in [-0.4, -0.2) is 13.1 Å². The van der Waals surface area contributed by atoms with Gasteiger partial charge in [-0.05, 0) is 12.1 Å². The lowest BCUT2D eigenvalue weighted by Crippen LogP contribution is -2.07. The first kappa shape index (κ1) is 12.6. The molecule has 3 nitrogen and oxygen atoms in total. The van der Waals surface area contributed by atoms with Gasteiger partial charge in [-0.25, -0.2) is 13.6 Å². The molecule has 0 radical (unpaired) electrons. The fraction of sp³-hybridized carbons (Fsp3) is 0.200. The maximum Gasteiger partial charge on any atom is 0.338 e. The molecule has 0 atom stereocenters. The summed E-state index contributed by atoms with van der Waals surface area (Å²) in [6.45, 7) is 0. The highest BCUT2D eigenvalue weighted by Crippen LogP contribution is 2.32. The van der Waals surface area contributed by atoms with Gasteiger partial charge in [-0.2, -0.15) is 5.26 Å². The molecule has 0 saturated heterocycles. The van der Waals surface area contributed by atoms with Crippen LogP contribution in [0.3, 0.4) is 0 Å². The number of methoxy groups -OCH3 is 1. The van der Waals surface area contributed by atoms with E-state index in [0.29, 0.717) is 0 Å². The first-order valence-electron chi connectivity index (χ1n) is 4.11. The summed E-state index contributed by atoms with van der Waals surface area (Å²) in [4.78, 5) is 11.3. The Kier molecular flexibility index (Phi) is 3.96. The van der Waals surface area contributed by atoms with Gasteiger partial charge in [-0.15, -0.1) is 0 Å². The molecule has 0 aromatic heterocycles. The van der Waals surface area contributed by atoms with E-state index in [1.165, 1.54) is 6.07 Å². The van der Waals surface area contributed by atoms with E-state index >= 15 is 0 Å². The van der Waals surface area contributed by atoms with Gasteiger partial charge in [0, 0.05) is 10.0 Å². The number of halogens is 3. The van der Waals surface area contributed by atoms with E-state index in [0.717, 1.165) is 13.2 Å². The maximum atomic E-state index is 12.7. The van der Waals surface area contributed by atoms with E-state index in [1.54, 1.807) is 6.07 Å². The molecule has 0 spiro atoms. The molecule has 16 heavy (non-hydrogen) atoms. The third-order valence-electron chi connectivity index (χ3n) is 1.88. The van der Waals surface area contributed by atoms with Crippen LogP contribution in [0.25, 0.3) is 0 Å². The van der Waals surface area contributed by atoms with Crippen molar-refractivity contribution in [2.75, 3.05) is 7.11 Å².